The molecule has 7 heteroatoms. The second kappa shape index (κ2) is 9.01. The van der Waals surface area contributed by atoms with Crippen molar-refractivity contribution in [3.05, 3.63) is 53.6 Å². The maximum atomic E-state index is 13.0. The van der Waals surface area contributed by atoms with Crippen molar-refractivity contribution in [2.75, 3.05) is 29.4 Å². The van der Waals surface area contributed by atoms with Crippen LogP contribution in [-0.2, 0) is 21.2 Å². The minimum Gasteiger partial charge on any atom is -0.372 e. The van der Waals surface area contributed by atoms with Gasteiger partial charge in [0.15, 0.2) is 0 Å². The molecule has 2 aromatic carbocycles. The lowest BCUT2D eigenvalue weighted by Gasteiger charge is -2.29. The Bertz CT molecular complexity index is 1040. The Hall–Kier alpha value is -2.38. The van der Waals surface area contributed by atoms with E-state index in [0.717, 1.165) is 29.9 Å². The van der Waals surface area contributed by atoms with Gasteiger partial charge in [-0.3, -0.25) is 4.79 Å². The molecular weight excluding hydrogens is 410 g/mol. The number of sulfonamides is 1. The number of carbonyl (C=O) groups excluding carboxylic acids is 1. The van der Waals surface area contributed by atoms with Crippen LogP contribution in [0.25, 0.3) is 0 Å². The van der Waals surface area contributed by atoms with Gasteiger partial charge in [-0.05, 0) is 74.1 Å². The third-order valence-electron chi connectivity index (χ3n) is 6.31. The number of fused-ring (bicyclic) bond motifs is 1. The summed E-state index contributed by atoms with van der Waals surface area (Å²) in [5, 5.41) is 0. The molecule has 4 rings (SSSR count). The van der Waals surface area contributed by atoms with Gasteiger partial charge in [0.2, 0.25) is 15.9 Å². The molecule has 2 aromatic rings. The highest BCUT2D eigenvalue weighted by molar-refractivity contribution is 7.89. The lowest BCUT2D eigenvalue weighted by Crippen LogP contribution is -2.29. The molecule has 1 saturated heterocycles. The van der Waals surface area contributed by atoms with Crippen LogP contribution in [0.4, 0.5) is 11.4 Å². The van der Waals surface area contributed by atoms with E-state index >= 15 is 0 Å². The molecule has 31 heavy (non-hydrogen) atoms. The summed E-state index contributed by atoms with van der Waals surface area (Å²) in [4.78, 5) is 16.5. The first-order chi connectivity index (χ1) is 14.9. The van der Waals surface area contributed by atoms with Crippen LogP contribution >= 0.6 is 0 Å². The van der Waals surface area contributed by atoms with Crippen molar-refractivity contribution in [2.45, 2.75) is 56.9 Å². The van der Waals surface area contributed by atoms with Gasteiger partial charge in [-0.15, -0.1) is 0 Å². The van der Waals surface area contributed by atoms with E-state index in [1.54, 1.807) is 23.1 Å². The monoisotopic (exact) mass is 441 g/mol. The van der Waals surface area contributed by atoms with Gasteiger partial charge in [-0.25, -0.2) is 13.1 Å². The van der Waals surface area contributed by atoms with E-state index in [2.05, 4.69) is 21.8 Å². The summed E-state index contributed by atoms with van der Waals surface area (Å²) in [5.41, 5.74) is 3.86. The second-order valence-corrected chi connectivity index (χ2v) is 10.1. The fourth-order valence-corrected chi connectivity index (χ4v) is 5.77. The molecule has 166 valence electrons. The molecule has 0 bridgehead atoms. The van der Waals surface area contributed by atoms with Gasteiger partial charge < -0.3 is 9.80 Å². The fourth-order valence-electron chi connectivity index (χ4n) is 4.49. The maximum Gasteiger partial charge on any atom is 0.241 e. The van der Waals surface area contributed by atoms with Crippen LogP contribution in [0, 0.1) is 0 Å². The Morgan fingerprint density at radius 1 is 1.03 bits per heavy atom. The highest BCUT2D eigenvalue weighted by Gasteiger charge is 2.26. The zero-order chi connectivity index (χ0) is 22.0. The molecule has 1 atom stereocenters. The molecule has 1 amide bonds. The number of piperidine rings is 1. The van der Waals surface area contributed by atoms with Gasteiger partial charge in [-0.2, -0.15) is 0 Å². The van der Waals surface area contributed by atoms with Gasteiger partial charge >= 0.3 is 0 Å². The molecule has 0 spiro atoms. The van der Waals surface area contributed by atoms with E-state index in [4.69, 9.17) is 0 Å². The molecule has 1 N–H and O–H groups in total. The van der Waals surface area contributed by atoms with E-state index < -0.39 is 10.0 Å². The van der Waals surface area contributed by atoms with Crippen molar-refractivity contribution < 1.29 is 13.2 Å². The number of carbonyl (C=O) groups is 1. The Kier molecular flexibility index (Phi) is 6.34. The third kappa shape index (κ3) is 4.62. The van der Waals surface area contributed by atoms with Crippen LogP contribution in [0.15, 0.2) is 47.4 Å². The topological polar surface area (TPSA) is 69.7 Å². The first-order valence-electron chi connectivity index (χ1n) is 11.2. The van der Waals surface area contributed by atoms with Crippen LogP contribution < -0.4 is 14.5 Å². The molecule has 0 saturated carbocycles. The smallest absolute Gasteiger partial charge is 0.241 e. The summed E-state index contributed by atoms with van der Waals surface area (Å²) in [6, 6.07) is 12.9. The lowest BCUT2D eigenvalue weighted by atomic mass is 10.1. The number of nitrogens with one attached hydrogen (secondary N) is 1. The summed E-state index contributed by atoms with van der Waals surface area (Å²) in [7, 11) is -3.67. The van der Waals surface area contributed by atoms with Crippen LogP contribution in [0.3, 0.4) is 0 Å². The normalized spacial score (nSPS) is 17.5. The highest BCUT2D eigenvalue weighted by Crippen LogP contribution is 2.31. The Morgan fingerprint density at radius 2 is 1.74 bits per heavy atom. The minimum absolute atomic E-state index is 0.0640. The van der Waals surface area contributed by atoms with Crippen molar-refractivity contribution >= 4 is 27.3 Å². The zero-order valence-corrected chi connectivity index (χ0v) is 19.1. The van der Waals surface area contributed by atoms with E-state index in [1.807, 2.05) is 26.0 Å². The van der Waals surface area contributed by atoms with Crippen LogP contribution in [0.5, 0.6) is 0 Å². The molecule has 2 aliphatic heterocycles. The number of hydrogen-bond acceptors (Lipinski definition) is 4. The average molecular weight is 442 g/mol. The predicted molar refractivity (Wildman–Crippen MR) is 124 cm³/mol. The van der Waals surface area contributed by atoms with E-state index in [-0.39, 0.29) is 16.8 Å². The van der Waals surface area contributed by atoms with E-state index in [9.17, 15) is 13.2 Å². The molecule has 0 aliphatic carbocycles. The lowest BCUT2D eigenvalue weighted by molar-refractivity contribution is -0.118. The number of nitrogens with zero attached hydrogens (tertiary/aromatic N) is 2. The number of anilines is 2. The quantitative estimate of drug-likeness (QED) is 0.735. The Labute approximate surface area is 185 Å². The van der Waals surface area contributed by atoms with Crippen LogP contribution in [0.1, 0.15) is 56.7 Å². The van der Waals surface area contributed by atoms with Crippen molar-refractivity contribution in [1.29, 1.82) is 0 Å². The molecule has 0 aromatic heterocycles. The van der Waals surface area contributed by atoms with Gasteiger partial charge in [0.05, 0.1) is 4.90 Å². The molecule has 2 heterocycles. The predicted octanol–water partition coefficient (Wildman–Crippen LogP) is 4.02. The first-order valence-corrected chi connectivity index (χ1v) is 12.7. The summed E-state index contributed by atoms with van der Waals surface area (Å²) < 4.78 is 28.8. The SMILES string of the molecule is CCC(=O)N1CCc2cc(S(=O)(=O)NC(C)c3ccc(N4CCCCC4)cc3)ccc21. The van der Waals surface area contributed by atoms with E-state index in [1.165, 1.54) is 24.9 Å². The summed E-state index contributed by atoms with van der Waals surface area (Å²) in [6.07, 6.45) is 4.86. The number of hydrogen-bond donors (Lipinski definition) is 1. The molecule has 0 radical (unpaired) electrons. The van der Waals surface area contributed by atoms with E-state index in [0.29, 0.717) is 19.4 Å². The molecule has 6 nitrogen and oxygen atoms in total. The standard InChI is InChI=1S/C24H31N3O3S/c1-3-24(28)27-16-13-20-17-22(11-12-23(20)27)31(29,30)25-18(2)19-7-9-21(10-8-19)26-14-5-4-6-15-26/h7-12,17-18,25H,3-6,13-16H2,1-2H3. The summed E-state index contributed by atoms with van der Waals surface area (Å²) in [6.45, 7) is 6.48. The molecular formula is C24H31N3O3S. The van der Waals surface area contributed by atoms with Gasteiger partial charge in [-0.1, -0.05) is 19.1 Å². The second-order valence-electron chi connectivity index (χ2n) is 8.42. The van der Waals surface area contributed by atoms with Crippen LogP contribution in [0.2, 0.25) is 0 Å². The van der Waals surface area contributed by atoms with Gasteiger partial charge in [0.1, 0.15) is 0 Å². The van der Waals surface area contributed by atoms with Crippen molar-refractivity contribution in [1.82, 2.24) is 4.72 Å². The fraction of sp³-hybridized carbons (Fsp3) is 0.458. The largest absolute Gasteiger partial charge is 0.372 e. The number of benzene rings is 2. The Morgan fingerprint density at radius 3 is 2.42 bits per heavy atom. The average Bonchev–Trinajstić information content (AvgIpc) is 3.22. The molecule has 2 aliphatic rings. The van der Waals surface area contributed by atoms with Crippen molar-refractivity contribution in [2.24, 2.45) is 0 Å². The van der Waals surface area contributed by atoms with Gasteiger partial charge in [0, 0.05) is 43.5 Å². The molecule has 1 unspecified atom stereocenters. The van der Waals surface area contributed by atoms with Crippen LogP contribution in [-0.4, -0.2) is 34.0 Å². The highest BCUT2D eigenvalue weighted by atomic mass is 32.2. The molecule has 1 fully saturated rings. The zero-order valence-electron chi connectivity index (χ0n) is 18.3. The van der Waals surface area contributed by atoms with Crippen molar-refractivity contribution in [3.8, 4) is 0 Å². The van der Waals surface area contributed by atoms with Crippen molar-refractivity contribution in [3.63, 3.8) is 0 Å². The number of rotatable bonds is 6. The Balaban J connectivity index is 1.47. The first kappa shape index (κ1) is 21.8. The number of amides is 1. The third-order valence-corrected chi connectivity index (χ3v) is 7.84. The summed E-state index contributed by atoms with van der Waals surface area (Å²) >= 11 is 0. The summed E-state index contributed by atoms with van der Waals surface area (Å²) in [5.74, 6) is 0.0640. The maximum absolute atomic E-state index is 13.0. The minimum atomic E-state index is -3.67. The van der Waals surface area contributed by atoms with Gasteiger partial charge in [0.25, 0.3) is 0 Å².